The lowest BCUT2D eigenvalue weighted by Crippen LogP contribution is -2.49. The first-order chi connectivity index (χ1) is 13.5. The molecule has 0 bridgehead atoms. The van der Waals surface area contributed by atoms with E-state index in [0.717, 1.165) is 16.9 Å². The maximum absolute atomic E-state index is 12.6. The number of carbonyl (C=O) groups is 2. The summed E-state index contributed by atoms with van der Waals surface area (Å²) in [5, 5.41) is 2.90. The van der Waals surface area contributed by atoms with Crippen molar-refractivity contribution in [1.82, 2.24) is 9.88 Å². The van der Waals surface area contributed by atoms with E-state index in [0.29, 0.717) is 38.5 Å². The maximum atomic E-state index is 12.6. The molecule has 0 atom stereocenters. The SMILES string of the molecule is CCOC(=O)N1CCN(c2ccnc(C(=O)Nc3ccc(C)c(C)c3)c2)CC1. The zero-order valence-electron chi connectivity index (χ0n) is 16.6. The molecule has 148 valence electrons. The fraction of sp³-hybridized carbons (Fsp3) is 0.381. The van der Waals surface area contributed by atoms with Crippen molar-refractivity contribution in [2.75, 3.05) is 43.0 Å². The first-order valence-corrected chi connectivity index (χ1v) is 9.49. The zero-order chi connectivity index (χ0) is 20.1. The predicted octanol–water partition coefficient (Wildman–Crippen LogP) is 3.23. The Morgan fingerprint density at radius 1 is 1.07 bits per heavy atom. The highest BCUT2D eigenvalue weighted by molar-refractivity contribution is 6.03. The van der Waals surface area contributed by atoms with E-state index in [4.69, 9.17) is 4.74 Å². The van der Waals surface area contributed by atoms with Crippen LogP contribution >= 0.6 is 0 Å². The number of hydrogen-bond donors (Lipinski definition) is 1. The molecule has 1 N–H and O–H groups in total. The van der Waals surface area contributed by atoms with Gasteiger partial charge in [0.1, 0.15) is 5.69 Å². The molecule has 1 aliphatic rings. The second kappa shape index (κ2) is 8.73. The number of anilines is 2. The molecule has 1 aromatic heterocycles. The van der Waals surface area contributed by atoms with Gasteiger partial charge >= 0.3 is 6.09 Å². The molecule has 2 aromatic rings. The summed E-state index contributed by atoms with van der Waals surface area (Å²) in [5.41, 5.74) is 4.34. The van der Waals surface area contributed by atoms with Gasteiger partial charge in [-0.05, 0) is 56.2 Å². The highest BCUT2D eigenvalue weighted by Gasteiger charge is 2.22. The summed E-state index contributed by atoms with van der Waals surface area (Å²) in [7, 11) is 0. The average molecular weight is 382 g/mol. The van der Waals surface area contributed by atoms with Gasteiger partial charge < -0.3 is 19.9 Å². The molecule has 1 saturated heterocycles. The molecule has 0 saturated carbocycles. The highest BCUT2D eigenvalue weighted by atomic mass is 16.6. The minimum Gasteiger partial charge on any atom is -0.450 e. The van der Waals surface area contributed by atoms with Crippen LogP contribution in [0.2, 0.25) is 0 Å². The third-order valence-corrected chi connectivity index (χ3v) is 4.91. The van der Waals surface area contributed by atoms with Gasteiger partial charge in [0.25, 0.3) is 5.91 Å². The van der Waals surface area contributed by atoms with Gasteiger partial charge in [-0.3, -0.25) is 9.78 Å². The Morgan fingerprint density at radius 3 is 2.50 bits per heavy atom. The number of nitrogens with one attached hydrogen (secondary N) is 1. The van der Waals surface area contributed by atoms with Crippen LogP contribution in [0, 0.1) is 13.8 Å². The third kappa shape index (κ3) is 4.60. The molecule has 1 aromatic carbocycles. The minimum absolute atomic E-state index is 0.240. The van der Waals surface area contributed by atoms with E-state index in [9.17, 15) is 9.59 Å². The smallest absolute Gasteiger partial charge is 0.409 e. The van der Waals surface area contributed by atoms with E-state index in [2.05, 4.69) is 15.2 Å². The van der Waals surface area contributed by atoms with Crippen molar-refractivity contribution in [3.63, 3.8) is 0 Å². The first kappa shape index (κ1) is 19.7. The van der Waals surface area contributed by atoms with Crippen molar-refractivity contribution in [2.24, 2.45) is 0 Å². The molecule has 3 rings (SSSR count). The Balaban J connectivity index is 1.64. The molecule has 1 aliphatic heterocycles. The van der Waals surface area contributed by atoms with Crippen LogP contribution in [0.4, 0.5) is 16.2 Å². The molecule has 7 heteroatoms. The van der Waals surface area contributed by atoms with Crippen LogP contribution in [0.3, 0.4) is 0 Å². The number of hydrogen-bond acceptors (Lipinski definition) is 5. The van der Waals surface area contributed by atoms with Gasteiger partial charge in [0.2, 0.25) is 0 Å². The van der Waals surface area contributed by atoms with Gasteiger partial charge in [-0.1, -0.05) is 6.07 Å². The van der Waals surface area contributed by atoms with Crippen molar-refractivity contribution in [2.45, 2.75) is 20.8 Å². The summed E-state index contributed by atoms with van der Waals surface area (Å²) in [6.45, 7) is 8.77. The standard InChI is InChI=1S/C21H26N4O3/c1-4-28-21(27)25-11-9-24(10-12-25)18-7-8-22-19(14-18)20(26)23-17-6-5-15(2)16(3)13-17/h5-8,13-14H,4,9-12H2,1-3H3,(H,23,26). The molecule has 0 unspecified atom stereocenters. The molecule has 1 fully saturated rings. The summed E-state index contributed by atoms with van der Waals surface area (Å²) in [4.78, 5) is 32.5. The van der Waals surface area contributed by atoms with Crippen molar-refractivity contribution < 1.29 is 14.3 Å². The van der Waals surface area contributed by atoms with Crippen LogP contribution in [-0.2, 0) is 4.74 Å². The lowest BCUT2D eigenvalue weighted by atomic mass is 10.1. The summed E-state index contributed by atoms with van der Waals surface area (Å²) < 4.78 is 5.05. The maximum Gasteiger partial charge on any atom is 0.409 e. The normalized spacial score (nSPS) is 14.0. The van der Waals surface area contributed by atoms with Crippen LogP contribution in [-0.4, -0.2) is 54.7 Å². The fourth-order valence-electron chi connectivity index (χ4n) is 3.12. The average Bonchev–Trinajstić information content (AvgIpc) is 2.71. The Labute approximate surface area is 165 Å². The van der Waals surface area contributed by atoms with Gasteiger partial charge in [-0.2, -0.15) is 0 Å². The quantitative estimate of drug-likeness (QED) is 0.879. The lowest BCUT2D eigenvalue weighted by molar-refractivity contribution is 0.102. The van der Waals surface area contributed by atoms with E-state index >= 15 is 0 Å². The molecule has 28 heavy (non-hydrogen) atoms. The number of aromatic nitrogens is 1. The lowest BCUT2D eigenvalue weighted by Gasteiger charge is -2.35. The summed E-state index contributed by atoms with van der Waals surface area (Å²) in [6.07, 6.45) is 1.37. The Morgan fingerprint density at radius 2 is 1.82 bits per heavy atom. The molecular weight excluding hydrogens is 356 g/mol. The molecule has 0 aliphatic carbocycles. The van der Waals surface area contributed by atoms with E-state index < -0.39 is 0 Å². The number of aryl methyl sites for hydroxylation is 2. The minimum atomic E-state index is -0.273. The number of rotatable bonds is 4. The number of piperazine rings is 1. The van der Waals surface area contributed by atoms with E-state index in [1.807, 2.05) is 38.1 Å². The molecule has 0 spiro atoms. The number of amides is 2. The second-order valence-electron chi connectivity index (χ2n) is 6.83. The Kier molecular flexibility index (Phi) is 6.13. The van der Waals surface area contributed by atoms with Crippen molar-refractivity contribution in [3.05, 3.63) is 53.3 Å². The molecule has 0 radical (unpaired) electrons. The predicted molar refractivity (Wildman–Crippen MR) is 109 cm³/mol. The number of ether oxygens (including phenoxy) is 1. The Hall–Kier alpha value is -3.09. The van der Waals surface area contributed by atoms with Crippen LogP contribution in [0.15, 0.2) is 36.5 Å². The molecule has 2 heterocycles. The first-order valence-electron chi connectivity index (χ1n) is 9.49. The van der Waals surface area contributed by atoms with Gasteiger partial charge in [0, 0.05) is 43.8 Å². The van der Waals surface area contributed by atoms with Crippen molar-refractivity contribution in [1.29, 1.82) is 0 Å². The van der Waals surface area contributed by atoms with Crippen LogP contribution in [0.1, 0.15) is 28.5 Å². The van der Waals surface area contributed by atoms with Crippen LogP contribution in [0.25, 0.3) is 0 Å². The van der Waals surface area contributed by atoms with E-state index in [-0.39, 0.29) is 12.0 Å². The van der Waals surface area contributed by atoms with Crippen molar-refractivity contribution in [3.8, 4) is 0 Å². The largest absolute Gasteiger partial charge is 0.450 e. The third-order valence-electron chi connectivity index (χ3n) is 4.91. The zero-order valence-corrected chi connectivity index (χ0v) is 16.6. The van der Waals surface area contributed by atoms with Gasteiger partial charge in [0.05, 0.1) is 6.61 Å². The summed E-state index contributed by atoms with van der Waals surface area (Å²) >= 11 is 0. The number of benzene rings is 1. The van der Waals surface area contributed by atoms with Crippen LogP contribution in [0.5, 0.6) is 0 Å². The monoisotopic (exact) mass is 382 g/mol. The highest BCUT2D eigenvalue weighted by Crippen LogP contribution is 2.19. The molecule has 2 amide bonds. The fourth-order valence-corrected chi connectivity index (χ4v) is 3.12. The number of carbonyl (C=O) groups excluding carboxylic acids is 2. The summed E-state index contributed by atoms with van der Waals surface area (Å²) in [6, 6.07) is 9.49. The van der Waals surface area contributed by atoms with Gasteiger partial charge in [-0.25, -0.2) is 4.79 Å². The number of nitrogens with zero attached hydrogens (tertiary/aromatic N) is 3. The number of pyridine rings is 1. The molecule has 7 nitrogen and oxygen atoms in total. The topological polar surface area (TPSA) is 74.8 Å². The van der Waals surface area contributed by atoms with Crippen LogP contribution < -0.4 is 10.2 Å². The van der Waals surface area contributed by atoms with Gasteiger partial charge in [-0.15, -0.1) is 0 Å². The molecular formula is C21H26N4O3. The van der Waals surface area contributed by atoms with E-state index in [1.165, 1.54) is 5.56 Å². The Bertz CT molecular complexity index is 860. The van der Waals surface area contributed by atoms with Gasteiger partial charge in [0.15, 0.2) is 0 Å². The van der Waals surface area contributed by atoms with Crippen molar-refractivity contribution >= 4 is 23.4 Å². The second-order valence-corrected chi connectivity index (χ2v) is 6.83. The summed E-state index contributed by atoms with van der Waals surface area (Å²) in [5.74, 6) is -0.240. The van der Waals surface area contributed by atoms with E-state index in [1.54, 1.807) is 24.1 Å².